The first-order valence-corrected chi connectivity index (χ1v) is 30.6. The minimum atomic E-state index is 0.439. The fraction of sp³-hybridized carbons (Fsp3) is 0.189. The van der Waals surface area contributed by atoms with Crippen molar-refractivity contribution >= 4 is 89.1 Å². The molecule has 14 aromatic rings. The monoisotopic (exact) mass is 1100 g/mol. The average molecular weight is 1100 g/mol. The van der Waals surface area contributed by atoms with Crippen LogP contribution in [-0.2, 0) is 13.1 Å². The van der Waals surface area contributed by atoms with Crippen molar-refractivity contribution in [1.29, 1.82) is 0 Å². The van der Waals surface area contributed by atoms with Crippen LogP contribution in [0.15, 0.2) is 170 Å². The molecule has 10 aromatic carbocycles. The Kier molecular flexibility index (Phi) is 12.0. The first-order chi connectivity index (χ1) is 40.1. The summed E-state index contributed by atoms with van der Waals surface area (Å²) < 4.78 is 24.1. The Labute approximate surface area is 487 Å². The molecule has 8 heteroatoms. The quantitative estimate of drug-likeness (QED) is 0.152. The summed E-state index contributed by atoms with van der Waals surface area (Å²) in [7, 11) is 0. The van der Waals surface area contributed by atoms with Crippen molar-refractivity contribution in [2.75, 3.05) is 0 Å². The zero-order chi connectivity index (χ0) is 55.7. The van der Waals surface area contributed by atoms with E-state index < -0.39 is 0 Å². The second kappa shape index (κ2) is 19.6. The van der Waals surface area contributed by atoms with Crippen LogP contribution in [0.3, 0.4) is 0 Å². The summed E-state index contributed by atoms with van der Waals surface area (Å²) in [5, 5.41) is 5.19. The second-order valence-electron chi connectivity index (χ2n) is 22.9. The van der Waals surface area contributed by atoms with Crippen molar-refractivity contribution in [2.45, 2.75) is 93.2 Å². The molecule has 2 atom stereocenters. The lowest BCUT2D eigenvalue weighted by Crippen LogP contribution is -1.96. The SMILES string of the molecule is CCC1c2cc(C)ccc2-c2ccc(-c3ccc(-c4ccc5c(c4)C(CC)c4cc(C)ccc4-5)c4nsnc34)cc21.CCn1c2ccc(C)cc2c2cc(-c3ccc(-c4ccc5c(c4)c4cc(C)ccc4n5CC)c4nsnc34)ccc21. The molecule has 0 fully saturated rings. The van der Waals surface area contributed by atoms with Crippen molar-refractivity contribution in [1.82, 2.24) is 26.6 Å². The van der Waals surface area contributed by atoms with Gasteiger partial charge in [0, 0.05) is 90.8 Å². The molecule has 2 unspecified atom stereocenters. The molecule has 2 aliphatic carbocycles. The largest absolute Gasteiger partial charge is 0.341 e. The topological polar surface area (TPSA) is 61.4 Å². The molecule has 0 saturated heterocycles. The summed E-state index contributed by atoms with van der Waals surface area (Å²) in [6.45, 7) is 19.6. The van der Waals surface area contributed by atoms with Gasteiger partial charge in [-0.25, -0.2) is 0 Å². The van der Waals surface area contributed by atoms with Crippen LogP contribution in [0.2, 0.25) is 0 Å². The standard InChI is InChI=1S/C38H32N2S.C36H30N4S/c1-5-25-33-17-21(3)7-11-29(33)31-13-9-23(19-35(25)31)27-15-16-28(38-37(27)39-41-40-38)24-10-14-32-30-12-8-22(4)18-34(30)26(6-2)36(32)20-24;1-5-39-31-13-7-21(3)17-27(31)29-19-23(9-15-33(29)39)25-11-12-26(36-35(25)37-41-38-36)24-10-16-34-30(20-24)28-18-22(4)8-14-32(28)40(34)6-2/h7-20,25-26H,5-6H2,1-4H3;7-20H,5-6H2,1-4H3. The highest BCUT2D eigenvalue weighted by Crippen LogP contribution is 2.51. The summed E-state index contributed by atoms with van der Waals surface area (Å²) in [5.41, 5.74) is 35.0. The maximum Gasteiger partial charge on any atom is 0.113 e. The van der Waals surface area contributed by atoms with Crippen LogP contribution in [-0.4, -0.2) is 26.6 Å². The van der Waals surface area contributed by atoms with E-state index in [-0.39, 0.29) is 0 Å². The van der Waals surface area contributed by atoms with Gasteiger partial charge >= 0.3 is 0 Å². The average Bonchev–Trinajstić information content (AvgIpc) is 4.42. The zero-order valence-electron chi connectivity index (χ0n) is 47.6. The van der Waals surface area contributed by atoms with E-state index in [1.807, 2.05) is 0 Å². The number of fused-ring (bicyclic) bond motifs is 14. The molecule has 4 aromatic heterocycles. The van der Waals surface area contributed by atoms with Crippen molar-refractivity contribution in [3.8, 4) is 66.8 Å². The summed E-state index contributed by atoms with van der Waals surface area (Å²) in [5.74, 6) is 0.878. The summed E-state index contributed by atoms with van der Waals surface area (Å²) in [6, 6.07) is 64.0. The maximum atomic E-state index is 4.84. The Morgan fingerprint density at radius 3 is 0.927 bits per heavy atom. The molecule has 0 amide bonds. The second-order valence-corrected chi connectivity index (χ2v) is 24.0. The molecule has 400 valence electrons. The molecule has 0 radical (unpaired) electrons. The predicted molar refractivity (Wildman–Crippen MR) is 348 cm³/mol. The summed E-state index contributed by atoms with van der Waals surface area (Å²) in [4.78, 5) is 0. The lowest BCUT2D eigenvalue weighted by molar-refractivity contribution is 0.796. The van der Waals surface area contributed by atoms with E-state index in [0.29, 0.717) is 11.8 Å². The van der Waals surface area contributed by atoms with Gasteiger partial charge in [0.05, 0.1) is 23.5 Å². The van der Waals surface area contributed by atoms with Crippen molar-refractivity contribution in [3.05, 3.63) is 214 Å². The van der Waals surface area contributed by atoms with Crippen LogP contribution in [0.4, 0.5) is 0 Å². The van der Waals surface area contributed by atoms with E-state index in [9.17, 15) is 0 Å². The lowest BCUT2D eigenvalue weighted by atomic mass is 9.90. The molecule has 4 heterocycles. The number of benzene rings is 10. The van der Waals surface area contributed by atoms with Gasteiger partial charge in [-0.05, 0) is 182 Å². The molecule has 6 nitrogen and oxygen atoms in total. The number of aromatic nitrogens is 6. The Bertz CT molecular complexity index is 4640. The number of aryl methyl sites for hydroxylation is 6. The molecule has 16 rings (SSSR count). The maximum absolute atomic E-state index is 4.84. The van der Waals surface area contributed by atoms with E-state index in [1.165, 1.54) is 156 Å². The van der Waals surface area contributed by atoms with E-state index >= 15 is 0 Å². The number of hydrogen-bond acceptors (Lipinski definition) is 6. The van der Waals surface area contributed by atoms with Crippen LogP contribution >= 0.6 is 23.5 Å². The third-order valence-corrected chi connectivity index (χ3v) is 19.2. The van der Waals surface area contributed by atoms with E-state index in [0.717, 1.165) is 70.3 Å². The summed E-state index contributed by atoms with van der Waals surface area (Å²) >= 11 is 2.61. The minimum Gasteiger partial charge on any atom is -0.341 e. The molecule has 0 N–H and O–H groups in total. The zero-order valence-corrected chi connectivity index (χ0v) is 49.3. The van der Waals surface area contributed by atoms with Crippen LogP contribution in [0.5, 0.6) is 0 Å². The van der Waals surface area contributed by atoms with Gasteiger partial charge in [0.2, 0.25) is 0 Å². The van der Waals surface area contributed by atoms with Gasteiger partial charge in [-0.15, -0.1) is 0 Å². The van der Waals surface area contributed by atoms with Crippen LogP contribution in [0.1, 0.15) is 96.9 Å². The Balaban J connectivity index is 0.000000140. The van der Waals surface area contributed by atoms with Crippen LogP contribution < -0.4 is 0 Å². The molecule has 0 bridgehead atoms. The highest BCUT2D eigenvalue weighted by Gasteiger charge is 2.30. The highest BCUT2D eigenvalue weighted by molar-refractivity contribution is 7.00. The van der Waals surface area contributed by atoms with Gasteiger partial charge in [0.1, 0.15) is 22.1 Å². The first kappa shape index (κ1) is 50.4. The van der Waals surface area contributed by atoms with Gasteiger partial charge < -0.3 is 9.13 Å². The smallest absolute Gasteiger partial charge is 0.113 e. The third kappa shape index (κ3) is 7.78. The van der Waals surface area contributed by atoms with E-state index in [4.69, 9.17) is 17.5 Å². The Morgan fingerprint density at radius 1 is 0.305 bits per heavy atom. The van der Waals surface area contributed by atoms with E-state index in [1.54, 1.807) is 0 Å². The predicted octanol–water partition coefficient (Wildman–Crippen LogP) is 20.6. The fourth-order valence-electron chi connectivity index (χ4n) is 14.3. The van der Waals surface area contributed by atoms with Gasteiger partial charge in [-0.3, -0.25) is 0 Å². The number of hydrogen-bond donors (Lipinski definition) is 0. The number of rotatable bonds is 8. The van der Waals surface area contributed by atoms with Gasteiger partial charge in [-0.1, -0.05) is 145 Å². The van der Waals surface area contributed by atoms with Gasteiger partial charge in [0.15, 0.2) is 0 Å². The van der Waals surface area contributed by atoms with Crippen molar-refractivity contribution in [3.63, 3.8) is 0 Å². The Morgan fingerprint density at radius 2 is 0.573 bits per heavy atom. The molecule has 0 aliphatic heterocycles. The van der Waals surface area contributed by atoms with Crippen molar-refractivity contribution in [2.24, 2.45) is 0 Å². The normalized spacial score (nSPS) is 14.3. The Hall–Kier alpha value is -8.56. The molecule has 0 saturated carbocycles. The van der Waals surface area contributed by atoms with Gasteiger partial charge in [-0.2, -0.15) is 17.5 Å². The molecule has 82 heavy (non-hydrogen) atoms. The first-order valence-electron chi connectivity index (χ1n) is 29.2. The molecular formula is C74H62N6S2. The summed E-state index contributed by atoms with van der Waals surface area (Å²) in [6.07, 6.45) is 2.19. The number of nitrogens with zero attached hydrogens (tertiary/aromatic N) is 6. The minimum absolute atomic E-state index is 0.439. The molecule has 2 aliphatic rings. The fourth-order valence-corrected chi connectivity index (χ4v) is 15.4. The van der Waals surface area contributed by atoms with E-state index in [2.05, 4.69) is 234 Å². The lowest BCUT2D eigenvalue weighted by Gasteiger charge is -2.14. The van der Waals surface area contributed by atoms with Gasteiger partial charge in [0.25, 0.3) is 0 Å². The van der Waals surface area contributed by atoms with Crippen LogP contribution in [0, 0.1) is 27.7 Å². The third-order valence-electron chi connectivity index (χ3n) is 18.2. The van der Waals surface area contributed by atoms with Crippen LogP contribution in [0.25, 0.3) is 132 Å². The molecule has 0 spiro atoms. The molecular weight excluding hydrogens is 1040 g/mol. The highest BCUT2D eigenvalue weighted by atomic mass is 32.1. The van der Waals surface area contributed by atoms with Crippen molar-refractivity contribution < 1.29 is 0 Å².